The first-order valence-corrected chi connectivity index (χ1v) is 8.83. The first kappa shape index (κ1) is 19.5. The molecule has 1 aliphatic rings. The Hall–Kier alpha value is -1.79. The van der Waals surface area contributed by atoms with Crippen LogP contribution < -0.4 is 10.1 Å². The van der Waals surface area contributed by atoms with Gasteiger partial charge in [-0.2, -0.15) is 0 Å². The molecule has 1 aliphatic heterocycles. The fraction of sp³-hybridized carbons (Fsp3) is 0.556. The Balaban J connectivity index is 2.16. The number of nitrogens with zero attached hydrogens (tertiary/aromatic N) is 1. The van der Waals surface area contributed by atoms with Gasteiger partial charge in [0.1, 0.15) is 11.8 Å². The summed E-state index contributed by atoms with van der Waals surface area (Å²) < 4.78 is 10.4. The Bertz CT molecular complexity index is 623. The number of hydrogen-bond donors (Lipinski definition) is 1. The maximum absolute atomic E-state index is 13.0. The molecule has 1 N–H and O–H groups in total. The molecular formula is C18H25ClN2O4. The molecule has 138 valence electrons. The summed E-state index contributed by atoms with van der Waals surface area (Å²) in [5.74, 6) is 0.0683. The second-order valence-corrected chi connectivity index (χ2v) is 6.51. The lowest BCUT2D eigenvalue weighted by atomic mass is 10.1. The van der Waals surface area contributed by atoms with Gasteiger partial charge in [-0.25, -0.2) is 0 Å². The number of rotatable bonds is 7. The molecule has 0 bridgehead atoms. The Morgan fingerprint density at radius 3 is 2.80 bits per heavy atom. The van der Waals surface area contributed by atoms with Crippen molar-refractivity contribution in [3.63, 3.8) is 0 Å². The quantitative estimate of drug-likeness (QED) is 0.802. The largest absolute Gasteiger partial charge is 0.496 e. The maximum Gasteiger partial charge on any atom is 0.258 e. The molecule has 0 aromatic heterocycles. The summed E-state index contributed by atoms with van der Waals surface area (Å²) in [6.07, 6.45) is 2.19. The van der Waals surface area contributed by atoms with Crippen molar-refractivity contribution in [1.82, 2.24) is 10.2 Å². The maximum atomic E-state index is 13.0. The molecule has 1 fully saturated rings. The summed E-state index contributed by atoms with van der Waals surface area (Å²) in [7, 11) is 3.11. The molecular weight excluding hydrogens is 344 g/mol. The highest BCUT2D eigenvalue weighted by atomic mass is 35.5. The molecule has 1 saturated heterocycles. The van der Waals surface area contributed by atoms with Crippen LogP contribution in [-0.2, 0) is 9.53 Å². The number of nitrogens with one attached hydrogen (secondary N) is 1. The SMILES string of the molecule is CCC(COC)NC(=O)C1CCCN1C(=O)c1cc(Cl)ccc1OC. The minimum Gasteiger partial charge on any atom is -0.496 e. The highest BCUT2D eigenvalue weighted by molar-refractivity contribution is 6.31. The third kappa shape index (κ3) is 4.64. The number of carbonyl (C=O) groups excluding carboxylic acids is 2. The molecule has 0 aliphatic carbocycles. The summed E-state index contributed by atoms with van der Waals surface area (Å²) in [5, 5.41) is 3.42. The molecule has 2 rings (SSSR count). The average molecular weight is 369 g/mol. The number of likely N-dealkylation sites (tertiary alicyclic amines) is 1. The zero-order chi connectivity index (χ0) is 18.4. The molecule has 1 heterocycles. The number of halogens is 1. The normalized spacial score (nSPS) is 18.1. The lowest BCUT2D eigenvalue weighted by Crippen LogP contribution is -2.49. The Kier molecular flexibility index (Phi) is 7.08. The van der Waals surface area contributed by atoms with E-state index in [1.165, 1.54) is 7.11 Å². The van der Waals surface area contributed by atoms with Crippen molar-refractivity contribution in [3.8, 4) is 5.75 Å². The van der Waals surface area contributed by atoms with Crippen LogP contribution in [0.3, 0.4) is 0 Å². The molecule has 6 nitrogen and oxygen atoms in total. The van der Waals surface area contributed by atoms with E-state index in [1.54, 1.807) is 30.2 Å². The Morgan fingerprint density at radius 1 is 1.40 bits per heavy atom. The zero-order valence-corrected chi connectivity index (χ0v) is 15.6. The van der Waals surface area contributed by atoms with Crippen LogP contribution in [0.5, 0.6) is 5.75 Å². The monoisotopic (exact) mass is 368 g/mol. The van der Waals surface area contributed by atoms with E-state index in [4.69, 9.17) is 21.1 Å². The van der Waals surface area contributed by atoms with E-state index in [0.717, 1.165) is 12.8 Å². The van der Waals surface area contributed by atoms with Crippen LogP contribution in [0.1, 0.15) is 36.5 Å². The Labute approximate surface area is 153 Å². The van der Waals surface area contributed by atoms with Crippen LogP contribution in [0.25, 0.3) is 0 Å². The number of amides is 2. The molecule has 2 amide bonds. The van der Waals surface area contributed by atoms with Gasteiger partial charge in [-0.1, -0.05) is 18.5 Å². The summed E-state index contributed by atoms with van der Waals surface area (Å²) in [5.41, 5.74) is 0.374. The van der Waals surface area contributed by atoms with Gasteiger partial charge in [-0.15, -0.1) is 0 Å². The molecule has 0 radical (unpaired) electrons. The summed E-state index contributed by atoms with van der Waals surface area (Å²) in [6, 6.07) is 4.36. The van der Waals surface area contributed by atoms with Gasteiger partial charge in [-0.05, 0) is 37.5 Å². The first-order valence-electron chi connectivity index (χ1n) is 8.45. The smallest absolute Gasteiger partial charge is 0.258 e. The van der Waals surface area contributed by atoms with Crippen molar-refractivity contribution < 1.29 is 19.1 Å². The molecule has 25 heavy (non-hydrogen) atoms. The first-order chi connectivity index (χ1) is 12.0. The second-order valence-electron chi connectivity index (χ2n) is 6.07. The number of carbonyl (C=O) groups is 2. The minimum absolute atomic E-state index is 0.0595. The number of benzene rings is 1. The van der Waals surface area contributed by atoms with Gasteiger partial charge in [-0.3, -0.25) is 9.59 Å². The molecule has 7 heteroatoms. The molecule has 0 spiro atoms. The molecule has 2 unspecified atom stereocenters. The van der Waals surface area contributed by atoms with Crippen LogP contribution in [0, 0.1) is 0 Å². The van der Waals surface area contributed by atoms with Gasteiger partial charge in [0.25, 0.3) is 5.91 Å². The third-order valence-electron chi connectivity index (χ3n) is 4.42. The van der Waals surface area contributed by atoms with E-state index in [9.17, 15) is 9.59 Å². The number of ether oxygens (including phenoxy) is 2. The van der Waals surface area contributed by atoms with E-state index < -0.39 is 6.04 Å². The molecule has 1 aromatic rings. The van der Waals surface area contributed by atoms with E-state index in [0.29, 0.717) is 35.9 Å². The summed E-state index contributed by atoms with van der Waals surface area (Å²) >= 11 is 6.03. The predicted octanol–water partition coefficient (Wildman–Crippen LogP) is 2.49. The summed E-state index contributed by atoms with van der Waals surface area (Å²) in [4.78, 5) is 27.2. The molecule has 2 atom stereocenters. The van der Waals surface area contributed by atoms with Crippen LogP contribution in [0.15, 0.2) is 18.2 Å². The van der Waals surface area contributed by atoms with E-state index in [2.05, 4.69) is 5.32 Å². The zero-order valence-electron chi connectivity index (χ0n) is 14.9. The third-order valence-corrected chi connectivity index (χ3v) is 4.65. The van der Waals surface area contributed by atoms with Crippen molar-refractivity contribution in [2.45, 2.75) is 38.3 Å². The highest BCUT2D eigenvalue weighted by Gasteiger charge is 2.36. The van der Waals surface area contributed by atoms with Crippen molar-refractivity contribution in [2.75, 3.05) is 27.4 Å². The lowest BCUT2D eigenvalue weighted by Gasteiger charge is -2.26. The number of methoxy groups -OCH3 is 2. The van der Waals surface area contributed by atoms with Gasteiger partial charge in [0.15, 0.2) is 0 Å². The fourth-order valence-corrected chi connectivity index (χ4v) is 3.22. The predicted molar refractivity (Wildman–Crippen MR) is 96.2 cm³/mol. The standard InChI is InChI=1S/C18H25ClN2O4/c1-4-13(11-24-2)20-17(22)15-6-5-9-21(15)18(23)14-10-12(19)7-8-16(14)25-3/h7-8,10,13,15H,4-6,9,11H2,1-3H3,(H,20,22). The minimum atomic E-state index is -0.484. The fourth-order valence-electron chi connectivity index (χ4n) is 3.04. The van der Waals surface area contributed by atoms with Crippen LogP contribution in [-0.4, -0.2) is 56.2 Å². The van der Waals surface area contributed by atoms with Gasteiger partial charge >= 0.3 is 0 Å². The van der Waals surface area contributed by atoms with Crippen molar-refractivity contribution in [3.05, 3.63) is 28.8 Å². The molecule has 1 aromatic carbocycles. The van der Waals surface area contributed by atoms with Crippen molar-refractivity contribution in [2.24, 2.45) is 0 Å². The van der Waals surface area contributed by atoms with Crippen LogP contribution in [0.4, 0.5) is 0 Å². The van der Waals surface area contributed by atoms with E-state index >= 15 is 0 Å². The number of hydrogen-bond acceptors (Lipinski definition) is 4. The van der Waals surface area contributed by atoms with E-state index in [-0.39, 0.29) is 17.9 Å². The summed E-state index contributed by atoms with van der Waals surface area (Å²) in [6.45, 7) is 2.97. The van der Waals surface area contributed by atoms with Crippen LogP contribution >= 0.6 is 11.6 Å². The van der Waals surface area contributed by atoms with Crippen LogP contribution in [0.2, 0.25) is 5.02 Å². The van der Waals surface area contributed by atoms with Gasteiger partial charge in [0.2, 0.25) is 5.91 Å². The van der Waals surface area contributed by atoms with Crippen molar-refractivity contribution in [1.29, 1.82) is 0 Å². The average Bonchev–Trinajstić information content (AvgIpc) is 3.10. The second kappa shape index (κ2) is 9.06. The van der Waals surface area contributed by atoms with Crippen molar-refractivity contribution >= 4 is 23.4 Å². The Morgan fingerprint density at radius 2 is 2.16 bits per heavy atom. The topological polar surface area (TPSA) is 67.9 Å². The highest BCUT2D eigenvalue weighted by Crippen LogP contribution is 2.27. The lowest BCUT2D eigenvalue weighted by molar-refractivity contribution is -0.126. The van der Waals surface area contributed by atoms with Gasteiger partial charge in [0, 0.05) is 18.7 Å². The van der Waals surface area contributed by atoms with Gasteiger partial charge < -0.3 is 19.7 Å². The van der Waals surface area contributed by atoms with E-state index in [1.807, 2.05) is 6.92 Å². The van der Waals surface area contributed by atoms with Gasteiger partial charge in [0.05, 0.1) is 25.3 Å². The molecule has 0 saturated carbocycles.